The number of nitriles is 1. The molecule has 0 radical (unpaired) electrons. The molecule has 5 rings (SSSR count). The van der Waals surface area contributed by atoms with Gasteiger partial charge in [0.05, 0.1) is 30.8 Å². The van der Waals surface area contributed by atoms with E-state index in [1.54, 1.807) is 18.0 Å². The summed E-state index contributed by atoms with van der Waals surface area (Å²) in [7, 11) is 3.52. The predicted octanol–water partition coefficient (Wildman–Crippen LogP) is 3.59. The highest BCUT2D eigenvalue weighted by Gasteiger charge is 2.27. The van der Waals surface area contributed by atoms with Gasteiger partial charge in [0.15, 0.2) is 0 Å². The van der Waals surface area contributed by atoms with E-state index in [-0.39, 0.29) is 5.92 Å². The zero-order valence-electron chi connectivity index (χ0n) is 15.6. The van der Waals surface area contributed by atoms with Crippen molar-refractivity contribution in [3.8, 4) is 34.3 Å². The second kappa shape index (κ2) is 6.20. The van der Waals surface area contributed by atoms with E-state index in [4.69, 9.17) is 9.72 Å². The fourth-order valence-electron chi connectivity index (χ4n) is 4.03. The highest BCUT2D eigenvalue weighted by atomic mass is 16.5. The molecule has 138 valence electrons. The first-order valence-electron chi connectivity index (χ1n) is 9.13. The number of nitrogens with zero attached hydrogens (tertiary/aromatic N) is 5. The maximum Gasteiger partial charge on any atom is 0.147 e. The topological polar surface area (TPSA) is 92.4 Å². The van der Waals surface area contributed by atoms with Crippen LogP contribution in [0, 0.1) is 11.3 Å². The summed E-state index contributed by atoms with van der Waals surface area (Å²) < 4.78 is 7.39. The molecule has 0 bridgehead atoms. The zero-order valence-corrected chi connectivity index (χ0v) is 15.6. The molecule has 0 fully saturated rings. The maximum atomic E-state index is 9.44. The minimum Gasteiger partial charge on any atom is -0.494 e. The zero-order chi connectivity index (χ0) is 19.3. The van der Waals surface area contributed by atoms with E-state index < -0.39 is 0 Å². The molecular weight excluding hydrogens is 352 g/mol. The van der Waals surface area contributed by atoms with Gasteiger partial charge in [0, 0.05) is 30.4 Å². The van der Waals surface area contributed by atoms with E-state index in [1.807, 2.05) is 31.4 Å². The van der Waals surface area contributed by atoms with Gasteiger partial charge in [0.25, 0.3) is 0 Å². The van der Waals surface area contributed by atoms with Crippen LogP contribution in [0.5, 0.6) is 5.75 Å². The number of benzene rings is 1. The van der Waals surface area contributed by atoms with Gasteiger partial charge in [-0.1, -0.05) is 18.2 Å². The number of methoxy groups -OCH3 is 1. The van der Waals surface area contributed by atoms with E-state index in [0.29, 0.717) is 5.75 Å². The molecule has 4 aromatic rings. The van der Waals surface area contributed by atoms with Crippen LogP contribution in [0.1, 0.15) is 23.5 Å². The van der Waals surface area contributed by atoms with Crippen LogP contribution in [-0.2, 0) is 13.5 Å². The van der Waals surface area contributed by atoms with Gasteiger partial charge < -0.3 is 4.74 Å². The molecular formula is C21H18N6O. The van der Waals surface area contributed by atoms with Crippen molar-refractivity contribution in [2.24, 2.45) is 7.05 Å². The van der Waals surface area contributed by atoms with Gasteiger partial charge in [-0.2, -0.15) is 15.5 Å². The maximum absolute atomic E-state index is 9.44. The molecule has 1 aromatic carbocycles. The molecule has 28 heavy (non-hydrogen) atoms. The Balaban J connectivity index is 1.74. The summed E-state index contributed by atoms with van der Waals surface area (Å²) in [5.41, 5.74) is 7.33. The quantitative estimate of drug-likeness (QED) is 0.595. The first-order valence-corrected chi connectivity index (χ1v) is 9.13. The lowest BCUT2D eigenvalue weighted by molar-refractivity contribution is 0.415. The molecule has 7 heteroatoms. The van der Waals surface area contributed by atoms with Gasteiger partial charge in [-0.05, 0) is 24.0 Å². The van der Waals surface area contributed by atoms with E-state index in [2.05, 4.69) is 27.4 Å². The van der Waals surface area contributed by atoms with Crippen molar-refractivity contribution in [1.29, 1.82) is 5.26 Å². The Morgan fingerprint density at radius 3 is 2.96 bits per heavy atom. The van der Waals surface area contributed by atoms with Crippen molar-refractivity contribution in [1.82, 2.24) is 25.0 Å². The first kappa shape index (κ1) is 16.5. The number of fused-ring (bicyclic) bond motifs is 2. The molecule has 1 N–H and O–H groups in total. The summed E-state index contributed by atoms with van der Waals surface area (Å²) in [6, 6.07) is 10.4. The van der Waals surface area contributed by atoms with Gasteiger partial charge in [-0.25, -0.2) is 4.98 Å². The fraction of sp³-hybridized carbons (Fsp3) is 0.238. The number of nitrogens with one attached hydrogen (secondary N) is 1. The number of ether oxygens (including phenoxy) is 1. The highest BCUT2D eigenvalue weighted by Crippen LogP contribution is 2.41. The number of H-pyrrole nitrogens is 1. The summed E-state index contributed by atoms with van der Waals surface area (Å²) in [6.45, 7) is 0. The van der Waals surface area contributed by atoms with Crippen molar-refractivity contribution < 1.29 is 4.74 Å². The number of pyridine rings is 1. The Morgan fingerprint density at radius 2 is 2.21 bits per heavy atom. The molecule has 3 heterocycles. The average Bonchev–Trinajstić information content (AvgIpc) is 3.43. The van der Waals surface area contributed by atoms with Crippen LogP contribution in [0.15, 0.2) is 36.7 Å². The van der Waals surface area contributed by atoms with Gasteiger partial charge in [-0.3, -0.25) is 9.78 Å². The lowest BCUT2D eigenvalue weighted by Gasteiger charge is -2.12. The number of aromatic amines is 1. The Morgan fingerprint density at radius 1 is 1.32 bits per heavy atom. The fourth-order valence-corrected chi connectivity index (χ4v) is 4.03. The molecule has 0 saturated heterocycles. The van der Waals surface area contributed by atoms with Gasteiger partial charge in [0.1, 0.15) is 22.7 Å². The second-order valence-electron chi connectivity index (χ2n) is 7.00. The number of rotatable bonds is 3. The Kier molecular flexibility index (Phi) is 3.66. The summed E-state index contributed by atoms with van der Waals surface area (Å²) in [5, 5.41) is 21.2. The third-order valence-corrected chi connectivity index (χ3v) is 5.38. The predicted molar refractivity (Wildman–Crippen MR) is 105 cm³/mol. The third kappa shape index (κ3) is 2.38. The lowest BCUT2D eigenvalue weighted by atomic mass is 9.97. The lowest BCUT2D eigenvalue weighted by Crippen LogP contribution is -1.96. The number of aryl methyl sites for hydroxylation is 1. The van der Waals surface area contributed by atoms with Crippen LogP contribution in [0.3, 0.4) is 0 Å². The molecule has 7 nitrogen and oxygen atoms in total. The van der Waals surface area contributed by atoms with E-state index in [9.17, 15) is 5.26 Å². The highest BCUT2D eigenvalue weighted by molar-refractivity contribution is 5.92. The minimum atomic E-state index is -0.0513. The number of hydrogen-bond donors (Lipinski definition) is 1. The molecule has 0 aliphatic heterocycles. The van der Waals surface area contributed by atoms with Gasteiger partial charge in [0.2, 0.25) is 0 Å². The minimum absolute atomic E-state index is 0.0513. The van der Waals surface area contributed by atoms with Crippen molar-refractivity contribution in [3.05, 3.63) is 47.8 Å². The molecule has 0 spiro atoms. The molecule has 1 unspecified atom stereocenters. The summed E-state index contributed by atoms with van der Waals surface area (Å²) in [6.07, 6.45) is 5.41. The van der Waals surface area contributed by atoms with Crippen LogP contribution in [0.4, 0.5) is 0 Å². The normalized spacial score (nSPS) is 15.5. The molecule has 1 aliphatic carbocycles. The summed E-state index contributed by atoms with van der Waals surface area (Å²) in [4.78, 5) is 4.95. The summed E-state index contributed by atoms with van der Waals surface area (Å²) >= 11 is 0. The third-order valence-electron chi connectivity index (χ3n) is 5.38. The van der Waals surface area contributed by atoms with Crippen molar-refractivity contribution in [3.63, 3.8) is 0 Å². The Bertz CT molecular complexity index is 1250. The molecule has 1 atom stereocenters. The van der Waals surface area contributed by atoms with E-state index >= 15 is 0 Å². The molecule has 0 amide bonds. The van der Waals surface area contributed by atoms with Gasteiger partial charge in [-0.15, -0.1) is 0 Å². The van der Waals surface area contributed by atoms with Crippen LogP contribution in [-0.4, -0.2) is 32.1 Å². The van der Waals surface area contributed by atoms with Crippen LogP contribution < -0.4 is 4.74 Å². The number of aromatic nitrogens is 5. The van der Waals surface area contributed by atoms with Crippen LogP contribution in [0.2, 0.25) is 0 Å². The standard InChI is InChI=1S/C21H18N6O/c1-27-11-13(10-23-27)19-21-17(25-26-19)8-18(28-2)20(24-21)16-5-3-4-14-12(9-22)6-7-15(14)16/h3-5,8,10-12H,6-7H2,1-2H3,(H,25,26). The number of hydrogen-bond acceptors (Lipinski definition) is 5. The summed E-state index contributed by atoms with van der Waals surface area (Å²) in [5.74, 6) is 0.632. The van der Waals surface area contributed by atoms with Crippen molar-refractivity contribution in [2.45, 2.75) is 18.8 Å². The molecule has 1 aliphatic rings. The second-order valence-corrected chi connectivity index (χ2v) is 7.00. The van der Waals surface area contributed by atoms with E-state index in [0.717, 1.165) is 52.0 Å². The van der Waals surface area contributed by atoms with Crippen LogP contribution in [0.25, 0.3) is 33.5 Å². The van der Waals surface area contributed by atoms with Crippen molar-refractivity contribution in [2.75, 3.05) is 7.11 Å². The van der Waals surface area contributed by atoms with Gasteiger partial charge >= 0.3 is 0 Å². The largest absolute Gasteiger partial charge is 0.494 e. The monoisotopic (exact) mass is 370 g/mol. The average molecular weight is 370 g/mol. The Hall–Kier alpha value is -3.66. The Labute approximate surface area is 161 Å². The van der Waals surface area contributed by atoms with Crippen LogP contribution >= 0.6 is 0 Å². The van der Waals surface area contributed by atoms with Crippen molar-refractivity contribution >= 4 is 11.0 Å². The first-order chi connectivity index (χ1) is 13.7. The smallest absolute Gasteiger partial charge is 0.147 e. The SMILES string of the molecule is COc1cc2[nH]nc(-c3cnn(C)c3)c2nc1-c1cccc2c1CCC2C#N. The molecule has 0 saturated carbocycles. The van der Waals surface area contributed by atoms with E-state index in [1.165, 1.54) is 5.56 Å². The molecule has 3 aromatic heterocycles.